The third-order valence-corrected chi connectivity index (χ3v) is 4.90. The number of hydrogen-bond acceptors (Lipinski definition) is 4. The Morgan fingerprint density at radius 3 is 2.63 bits per heavy atom. The second-order valence-corrected chi connectivity index (χ2v) is 7.74. The highest BCUT2D eigenvalue weighted by Gasteiger charge is 2.19. The maximum atomic E-state index is 13.0. The molecular formula is C23H27ClN4O2. The van der Waals surface area contributed by atoms with Crippen LogP contribution >= 0.6 is 11.6 Å². The Hall–Kier alpha value is -2.86. The Morgan fingerprint density at radius 2 is 1.97 bits per heavy atom. The van der Waals surface area contributed by atoms with Crippen LogP contribution in [0, 0.1) is 6.92 Å². The summed E-state index contributed by atoms with van der Waals surface area (Å²) in [7, 11) is 0. The topological polar surface area (TPSA) is 76.0 Å². The Bertz CT molecular complexity index is 1090. The molecular weight excluding hydrogens is 400 g/mol. The first-order valence-electron chi connectivity index (χ1n) is 10.3. The van der Waals surface area contributed by atoms with Gasteiger partial charge in [-0.15, -0.1) is 0 Å². The smallest absolute Gasteiger partial charge is 0.277 e. The zero-order valence-electron chi connectivity index (χ0n) is 17.4. The van der Waals surface area contributed by atoms with Crippen LogP contribution in [0.2, 0.25) is 5.02 Å². The molecule has 0 radical (unpaired) electrons. The lowest BCUT2D eigenvalue weighted by Gasteiger charge is -2.18. The first kappa shape index (κ1) is 21.8. The van der Waals surface area contributed by atoms with Gasteiger partial charge in [0.1, 0.15) is 0 Å². The van der Waals surface area contributed by atoms with Gasteiger partial charge in [-0.2, -0.15) is 0 Å². The van der Waals surface area contributed by atoms with Crippen molar-refractivity contribution in [2.24, 2.45) is 0 Å². The molecule has 2 aromatic heterocycles. The molecule has 30 heavy (non-hydrogen) atoms. The summed E-state index contributed by atoms with van der Waals surface area (Å²) >= 11 is 6.00. The van der Waals surface area contributed by atoms with Crippen molar-refractivity contribution in [2.45, 2.75) is 46.1 Å². The van der Waals surface area contributed by atoms with E-state index in [4.69, 9.17) is 11.6 Å². The number of halogens is 1. The first-order valence-corrected chi connectivity index (χ1v) is 10.7. The summed E-state index contributed by atoms with van der Waals surface area (Å²) in [6.07, 6.45) is 8.47. The zero-order valence-corrected chi connectivity index (χ0v) is 18.1. The second kappa shape index (κ2) is 10.3. The van der Waals surface area contributed by atoms with Gasteiger partial charge in [-0.25, -0.2) is 4.68 Å². The van der Waals surface area contributed by atoms with Crippen LogP contribution in [0.1, 0.15) is 54.2 Å². The van der Waals surface area contributed by atoms with Crippen molar-refractivity contribution in [3.05, 3.63) is 74.9 Å². The van der Waals surface area contributed by atoms with Crippen LogP contribution < -0.4 is 16.3 Å². The maximum Gasteiger partial charge on any atom is 0.277 e. The van der Waals surface area contributed by atoms with Gasteiger partial charge >= 0.3 is 0 Å². The Kier molecular flexibility index (Phi) is 7.46. The van der Waals surface area contributed by atoms with Crippen molar-refractivity contribution in [2.75, 3.05) is 12.0 Å². The van der Waals surface area contributed by atoms with Crippen LogP contribution in [0.3, 0.4) is 0 Å². The monoisotopic (exact) mass is 426 g/mol. The minimum atomic E-state index is -0.266. The lowest BCUT2D eigenvalue weighted by Crippen LogP contribution is -2.35. The summed E-state index contributed by atoms with van der Waals surface area (Å²) in [5, 5.41) is 4.52. The molecule has 0 spiro atoms. The Balaban J connectivity index is 0.000000782. The van der Waals surface area contributed by atoms with Crippen LogP contribution in [0.5, 0.6) is 0 Å². The van der Waals surface area contributed by atoms with Crippen LogP contribution in [0.4, 0.5) is 0 Å². The first-order chi connectivity index (χ1) is 14.5. The lowest BCUT2D eigenvalue weighted by molar-refractivity contribution is 0.0951. The standard InChI is InChI=1S/C20H21ClN4O2.C3H6/c1-3-8-24-25-13(2)18(17-12-22-9-7-16(17)20(25)27)19(26)23-11-14-5-4-6-15(21)10-14;1-2-3-1/h4-7,9-10,12,24H,3,8,11H2,1-2H3,(H,23,26);1-3H2. The molecule has 1 saturated carbocycles. The van der Waals surface area contributed by atoms with Gasteiger partial charge in [0.25, 0.3) is 11.5 Å². The third-order valence-electron chi connectivity index (χ3n) is 4.66. The molecule has 2 heterocycles. The largest absolute Gasteiger partial charge is 0.348 e. The van der Waals surface area contributed by atoms with E-state index in [9.17, 15) is 9.59 Å². The summed E-state index contributed by atoms with van der Waals surface area (Å²) in [4.78, 5) is 29.8. The average molecular weight is 427 g/mol. The van der Waals surface area contributed by atoms with E-state index in [0.29, 0.717) is 40.1 Å². The summed E-state index contributed by atoms with van der Waals surface area (Å²) in [6, 6.07) is 8.95. The fourth-order valence-corrected chi connectivity index (χ4v) is 3.19. The molecule has 1 amide bonds. The van der Waals surface area contributed by atoms with Gasteiger partial charge in [0.2, 0.25) is 0 Å². The van der Waals surface area contributed by atoms with Gasteiger partial charge in [0.15, 0.2) is 0 Å². The van der Waals surface area contributed by atoms with E-state index in [1.165, 1.54) is 23.9 Å². The number of fused-ring (bicyclic) bond motifs is 1. The van der Waals surface area contributed by atoms with Crippen LogP contribution in [0.15, 0.2) is 47.5 Å². The molecule has 3 aromatic rings. The van der Waals surface area contributed by atoms with E-state index in [1.54, 1.807) is 37.5 Å². The van der Waals surface area contributed by atoms with Gasteiger partial charge in [-0.1, -0.05) is 49.9 Å². The molecule has 0 atom stereocenters. The SMILES string of the molecule is C1CC1.CCCNn1c(C)c(C(=O)NCc2cccc(Cl)c2)c2cnccc2c1=O. The summed E-state index contributed by atoms with van der Waals surface area (Å²) < 4.78 is 1.44. The highest BCUT2D eigenvalue weighted by Crippen LogP contribution is 2.18. The van der Waals surface area contributed by atoms with Gasteiger partial charge < -0.3 is 10.7 Å². The Morgan fingerprint density at radius 1 is 1.20 bits per heavy atom. The number of carbonyl (C=O) groups excluding carboxylic acids is 1. The van der Waals surface area contributed by atoms with E-state index < -0.39 is 0 Å². The number of aromatic nitrogens is 2. The number of amides is 1. The van der Waals surface area contributed by atoms with Crippen LogP contribution in [-0.2, 0) is 6.54 Å². The van der Waals surface area contributed by atoms with Crippen molar-refractivity contribution in [3.8, 4) is 0 Å². The second-order valence-electron chi connectivity index (χ2n) is 7.30. The van der Waals surface area contributed by atoms with E-state index in [-0.39, 0.29) is 11.5 Å². The van der Waals surface area contributed by atoms with E-state index >= 15 is 0 Å². The summed E-state index contributed by atoms with van der Waals surface area (Å²) in [6.45, 7) is 4.73. The molecule has 0 aliphatic heterocycles. The maximum absolute atomic E-state index is 13.0. The number of pyridine rings is 2. The summed E-state index contributed by atoms with van der Waals surface area (Å²) in [5.41, 5.74) is 4.78. The molecule has 158 valence electrons. The average Bonchev–Trinajstić information content (AvgIpc) is 3.62. The number of hydrogen-bond donors (Lipinski definition) is 2. The minimum Gasteiger partial charge on any atom is -0.348 e. The third kappa shape index (κ3) is 5.39. The molecule has 1 aromatic carbocycles. The number of benzene rings is 1. The predicted molar refractivity (Wildman–Crippen MR) is 122 cm³/mol. The highest BCUT2D eigenvalue weighted by molar-refractivity contribution is 6.30. The molecule has 0 saturated heterocycles. The number of nitrogens with zero attached hydrogens (tertiary/aromatic N) is 2. The molecule has 0 unspecified atom stereocenters. The van der Waals surface area contributed by atoms with Gasteiger partial charge in [-0.3, -0.25) is 14.6 Å². The molecule has 1 fully saturated rings. The Labute approximate surface area is 181 Å². The van der Waals surface area contributed by atoms with Crippen molar-refractivity contribution in [1.29, 1.82) is 0 Å². The fraction of sp³-hybridized carbons (Fsp3) is 0.348. The van der Waals surface area contributed by atoms with Crippen LogP contribution in [-0.4, -0.2) is 22.1 Å². The van der Waals surface area contributed by atoms with Gasteiger partial charge in [0.05, 0.1) is 16.6 Å². The fourth-order valence-electron chi connectivity index (χ4n) is 2.98. The molecule has 7 heteroatoms. The molecule has 2 N–H and O–H groups in total. The van der Waals surface area contributed by atoms with E-state index in [1.807, 2.05) is 19.1 Å². The van der Waals surface area contributed by atoms with Gasteiger partial charge in [-0.05, 0) is 37.1 Å². The van der Waals surface area contributed by atoms with Crippen molar-refractivity contribution in [3.63, 3.8) is 0 Å². The lowest BCUT2D eigenvalue weighted by atomic mass is 10.1. The van der Waals surface area contributed by atoms with Crippen molar-refractivity contribution < 1.29 is 4.79 Å². The van der Waals surface area contributed by atoms with Crippen molar-refractivity contribution >= 4 is 28.3 Å². The zero-order chi connectivity index (χ0) is 21.5. The molecule has 6 nitrogen and oxygen atoms in total. The highest BCUT2D eigenvalue weighted by atomic mass is 35.5. The van der Waals surface area contributed by atoms with Crippen molar-refractivity contribution in [1.82, 2.24) is 15.0 Å². The molecule has 1 aliphatic carbocycles. The van der Waals surface area contributed by atoms with Gasteiger partial charge in [0, 0.05) is 35.9 Å². The number of carbonyl (C=O) groups is 1. The summed E-state index contributed by atoms with van der Waals surface area (Å²) in [5.74, 6) is -0.266. The number of rotatable bonds is 6. The predicted octanol–water partition coefficient (Wildman–Crippen LogP) is 4.41. The molecule has 1 aliphatic rings. The van der Waals surface area contributed by atoms with E-state index in [2.05, 4.69) is 15.7 Å². The molecule has 4 rings (SSSR count). The van der Waals surface area contributed by atoms with E-state index in [0.717, 1.165) is 12.0 Å². The number of nitrogens with one attached hydrogen (secondary N) is 2. The normalized spacial score (nSPS) is 12.1. The minimum absolute atomic E-state index is 0.190. The molecule has 0 bridgehead atoms. The quantitative estimate of drug-likeness (QED) is 0.612. The van der Waals surface area contributed by atoms with Crippen LogP contribution in [0.25, 0.3) is 10.8 Å².